The van der Waals surface area contributed by atoms with Crippen LogP contribution in [0, 0.1) is 11.3 Å². The molecule has 1 aliphatic rings. The smallest absolute Gasteiger partial charge is 0.0499 e. The summed E-state index contributed by atoms with van der Waals surface area (Å²) in [6.07, 6.45) is 6.03. The van der Waals surface area contributed by atoms with E-state index in [1.54, 1.807) is 0 Å². The normalized spacial score (nSPS) is 17.8. The highest BCUT2D eigenvalue weighted by atomic mass is 16.3. The van der Waals surface area contributed by atoms with Crippen molar-refractivity contribution in [3.63, 3.8) is 0 Å². The molecule has 2 nitrogen and oxygen atoms in total. The van der Waals surface area contributed by atoms with E-state index in [1.807, 2.05) is 0 Å². The van der Waals surface area contributed by atoms with Crippen molar-refractivity contribution >= 4 is 0 Å². The van der Waals surface area contributed by atoms with Gasteiger partial charge in [-0.1, -0.05) is 51.0 Å². The summed E-state index contributed by atoms with van der Waals surface area (Å²) < 4.78 is 0. The Morgan fingerprint density at radius 2 is 1.70 bits per heavy atom. The standard InChI is InChI=1S/C18H29NO/c1-15(2)11-16-5-7-17(8-6-16)12-19-13-18(14-20)9-3-4-10-18/h5-8,15,19-20H,3-4,9-14H2,1-2H3. The van der Waals surface area contributed by atoms with Crippen molar-refractivity contribution in [2.24, 2.45) is 11.3 Å². The molecule has 0 aromatic heterocycles. The van der Waals surface area contributed by atoms with Crippen molar-refractivity contribution in [2.45, 2.75) is 52.5 Å². The summed E-state index contributed by atoms with van der Waals surface area (Å²) in [7, 11) is 0. The second-order valence-corrected chi connectivity index (χ2v) is 6.88. The van der Waals surface area contributed by atoms with E-state index in [9.17, 15) is 5.11 Å². The minimum atomic E-state index is 0.150. The maximum Gasteiger partial charge on any atom is 0.0499 e. The van der Waals surface area contributed by atoms with Gasteiger partial charge in [0.2, 0.25) is 0 Å². The Kier molecular flexibility index (Phi) is 5.62. The molecule has 0 saturated heterocycles. The van der Waals surface area contributed by atoms with Gasteiger partial charge in [-0.15, -0.1) is 0 Å². The van der Waals surface area contributed by atoms with Gasteiger partial charge in [0.15, 0.2) is 0 Å². The zero-order valence-corrected chi connectivity index (χ0v) is 13.0. The first-order valence-corrected chi connectivity index (χ1v) is 8.03. The zero-order chi connectivity index (χ0) is 14.4. The van der Waals surface area contributed by atoms with Gasteiger partial charge in [-0.05, 0) is 36.3 Å². The Morgan fingerprint density at radius 3 is 2.25 bits per heavy atom. The summed E-state index contributed by atoms with van der Waals surface area (Å²) in [5.41, 5.74) is 2.91. The molecule has 2 rings (SSSR count). The van der Waals surface area contributed by atoms with Crippen LogP contribution in [0.15, 0.2) is 24.3 Å². The van der Waals surface area contributed by atoms with Crippen molar-refractivity contribution in [1.82, 2.24) is 5.32 Å². The van der Waals surface area contributed by atoms with E-state index >= 15 is 0 Å². The lowest BCUT2D eigenvalue weighted by Crippen LogP contribution is -2.34. The van der Waals surface area contributed by atoms with Gasteiger partial charge in [-0.2, -0.15) is 0 Å². The summed E-state index contributed by atoms with van der Waals surface area (Å²) in [6.45, 7) is 6.69. The van der Waals surface area contributed by atoms with Crippen LogP contribution in [0.5, 0.6) is 0 Å². The van der Waals surface area contributed by atoms with Crippen molar-refractivity contribution in [1.29, 1.82) is 0 Å². The molecule has 0 heterocycles. The maximum atomic E-state index is 9.59. The zero-order valence-electron chi connectivity index (χ0n) is 13.0. The number of hydrogen-bond donors (Lipinski definition) is 2. The van der Waals surface area contributed by atoms with Crippen LogP contribution in [0.2, 0.25) is 0 Å². The second-order valence-electron chi connectivity index (χ2n) is 6.88. The average molecular weight is 275 g/mol. The highest BCUT2D eigenvalue weighted by Crippen LogP contribution is 2.36. The van der Waals surface area contributed by atoms with Crippen LogP contribution in [0.4, 0.5) is 0 Å². The molecule has 1 saturated carbocycles. The molecule has 2 N–H and O–H groups in total. The van der Waals surface area contributed by atoms with E-state index in [1.165, 1.54) is 36.8 Å². The number of aliphatic hydroxyl groups is 1. The lowest BCUT2D eigenvalue weighted by atomic mass is 9.87. The molecule has 1 aromatic carbocycles. The quantitative estimate of drug-likeness (QED) is 0.798. The third kappa shape index (κ3) is 4.32. The lowest BCUT2D eigenvalue weighted by molar-refractivity contribution is 0.128. The van der Waals surface area contributed by atoms with Crippen LogP contribution >= 0.6 is 0 Å². The predicted octanol–water partition coefficient (Wildman–Crippen LogP) is 3.53. The van der Waals surface area contributed by atoms with Gasteiger partial charge < -0.3 is 10.4 Å². The van der Waals surface area contributed by atoms with E-state index in [0.717, 1.165) is 19.5 Å². The van der Waals surface area contributed by atoms with Crippen molar-refractivity contribution in [3.8, 4) is 0 Å². The molecule has 1 aliphatic carbocycles. The molecular formula is C18H29NO. The van der Waals surface area contributed by atoms with Gasteiger partial charge in [0, 0.05) is 25.1 Å². The Labute approximate surface area is 123 Å². The minimum absolute atomic E-state index is 0.150. The topological polar surface area (TPSA) is 32.3 Å². The number of hydrogen-bond acceptors (Lipinski definition) is 2. The van der Waals surface area contributed by atoms with Crippen LogP contribution < -0.4 is 5.32 Å². The monoisotopic (exact) mass is 275 g/mol. The van der Waals surface area contributed by atoms with Crippen molar-refractivity contribution in [2.75, 3.05) is 13.2 Å². The average Bonchev–Trinajstić information content (AvgIpc) is 2.90. The maximum absolute atomic E-state index is 9.59. The van der Waals surface area contributed by atoms with Crippen LogP contribution in [-0.2, 0) is 13.0 Å². The van der Waals surface area contributed by atoms with Crippen LogP contribution in [0.25, 0.3) is 0 Å². The SMILES string of the molecule is CC(C)Cc1ccc(CNCC2(CO)CCCC2)cc1. The first-order valence-electron chi connectivity index (χ1n) is 8.03. The number of aliphatic hydroxyl groups excluding tert-OH is 1. The summed E-state index contributed by atoms with van der Waals surface area (Å²) in [5.74, 6) is 0.714. The van der Waals surface area contributed by atoms with Gasteiger partial charge in [0.1, 0.15) is 0 Å². The fourth-order valence-electron chi connectivity index (χ4n) is 3.25. The summed E-state index contributed by atoms with van der Waals surface area (Å²) in [6, 6.07) is 8.94. The minimum Gasteiger partial charge on any atom is -0.396 e. The lowest BCUT2D eigenvalue weighted by Gasteiger charge is -2.26. The molecule has 0 bridgehead atoms. The largest absolute Gasteiger partial charge is 0.396 e. The molecule has 2 heteroatoms. The Balaban J connectivity index is 1.79. The third-order valence-corrected chi connectivity index (χ3v) is 4.50. The molecule has 0 amide bonds. The second kappa shape index (κ2) is 7.24. The first-order chi connectivity index (χ1) is 9.63. The summed E-state index contributed by atoms with van der Waals surface area (Å²) in [4.78, 5) is 0. The van der Waals surface area contributed by atoms with Crippen molar-refractivity contribution in [3.05, 3.63) is 35.4 Å². The van der Waals surface area contributed by atoms with Gasteiger partial charge in [-0.3, -0.25) is 0 Å². The molecule has 112 valence electrons. The van der Waals surface area contributed by atoms with Crippen LogP contribution in [0.3, 0.4) is 0 Å². The molecule has 1 fully saturated rings. The van der Waals surface area contributed by atoms with E-state index in [-0.39, 0.29) is 5.41 Å². The fraction of sp³-hybridized carbons (Fsp3) is 0.667. The van der Waals surface area contributed by atoms with Crippen LogP contribution in [0.1, 0.15) is 50.7 Å². The molecule has 0 unspecified atom stereocenters. The Hall–Kier alpha value is -0.860. The Bertz CT molecular complexity index is 390. The van der Waals surface area contributed by atoms with Crippen LogP contribution in [-0.4, -0.2) is 18.3 Å². The third-order valence-electron chi connectivity index (χ3n) is 4.50. The molecule has 20 heavy (non-hydrogen) atoms. The fourth-order valence-corrected chi connectivity index (χ4v) is 3.25. The van der Waals surface area contributed by atoms with Gasteiger partial charge >= 0.3 is 0 Å². The van der Waals surface area contributed by atoms with Gasteiger partial charge in [-0.25, -0.2) is 0 Å². The van der Waals surface area contributed by atoms with Gasteiger partial charge in [0.25, 0.3) is 0 Å². The molecule has 1 aromatic rings. The number of benzene rings is 1. The summed E-state index contributed by atoms with van der Waals surface area (Å²) in [5, 5.41) is 13.1. The highest BCUT2D eigenvalue weighted by Gasteiger charge is 2.32. The van der Waals surface area contributed by atoms with Crippen molar-refractivity contribution < 1.29 is 5.11 Å². The Morgan fingerprint density at radius 1 is 1.10 bits per heavy atom. The molecular weight excluding hydrogens is 246 g/mol. The molecule has 0 atom stereocenters. The first kappa shape index (κ1) is 15.5. The predicted molar refractivity (Wildman–Crippen MR) is 84.7 cm³/mol. The van der Waals surface area contributed by atoms with E-state index in [4.69, 9.17) is 0 Å². The molecule has 0 spiro atoms. The van der Waals surface area contributed by atoms with E-state index < -0.39 is 0 Å². The molecule has 0 radical (unpaired) electrons. The number of rotatable bonds is 7. The highest BCUT2D eigenvalue weighted by molar-refractivity contribution is 5.22. The van der Waals surface area contributed by atoms with E-state index in [2.05, 4.69) is 43.4 Å². The summed E-state index contributed by atoms with van der Waals surface area (Å²) >= 11 is 0. The van der Waals surface area contributed by atoms with Gasteiger partial charge in [0.05, 0.1) is 0 Å². The number of nitrogens with one attached hydrogen (secondary N) is 1. The van der Waals surface area contributed by atoms with E-state index in [0.29, 0.717) is 12.5 Å². The molecule has 0 aliphatic heterocycles.